The van der Waals surface area contributed by atoms with Crippen LogP contribution in [0.15, 0.2) is 12.1 Å². The van der Waals surface area contributed by atoms with E-state index in [4.69, 9.17) is 11.6 Å². The second-order valence-corrected chi connectivity index (χ2v) is 5.50. The molecule has 0 spiro atoms. The van der Waals surface area contributed by atoms with Crippen molar-refractivity contribution in [3.05, 3.63) is 17.3 Å². The quantitative estimate of drug-likeness (QED) is 0.918. The van der Waals surface area contributed by atoms with Crippen molar-refractivity contribution < 1.29 is 9.59 Å². The second kappa shape index (κ2) is 6.17. The van der Waals surface area contributed by atoms with Gasteiger partial charge < -0.3 is 10.2 Å². The number of likely N-dealkylation sites (tertiary alicyclic amines) is 1. The average molecular weight is 297 g/mol. The van der Waals surface area contributed by atoms with Crippen molar-refractivity contribution in [2.45, 2.75) is 32.7 Å². The number of carbonyl (C=O) groups excluding carboxylic acids is 2. The lowest BCUT2D eigenvalue weighted by Crippen LogP contribution is -2.48. The number of anilines is 1. The summed E-state index contributed by atoms with van der Waals surface area (Å²) < 4.78 is 0. The SMILES string of the molecule is CC(C)[C@@H](C(=O)Nc1ccc(Cl)nn1)N1CCCC1=O. The topological polar surface area (TPSA) is 75.2 Å². The van der Waals surface area contributed by atoms with Crippen LogP contribution in [0.3, 0.4) is 0 Å². The maximum atomic E-state index is 12.4. The molecule has 2 heterocycles. The number of amides is 2. The summed E-state index contributed by atoms with van der Waals surface area (Å²) in [6.07, 6.45) is 1.31. The molecule has 1 fully saturated rings. The Balaban J connectivity index is 2.11. The van der Waals surface area contributed by atoms with Gasteiger partial charge in [-0.25, -0.2) is 0 Å². The zero-order valence-electron chi connectivity index (χ0n) is 11.5. The second-order valence-electron chi connectivity index (χ2n) is 5.11. The van der Waals surface area contributed by atoms with E-state index in [1.54, 1.807) is 17.0 Å². The summed E-state index contributed by atoms with van der Waals surface area (Å²) in [5, 5.41) is 10.4. The summed E-state index contributed by atoms with van der Waals surface area (Å²) in [7, 11) is 0. The van der Waals surface area contributed by atoms with Gasteiger partial charge in [-0.05, 0) is 24.5 Å². The van der Waals surface area contributed by atoms with Gasteiger partial charge in [-0.3, -0.25) is 9.59 Å². The molecule has 2 rings (SSSR count). The molecule has 1 atom stereocenters. The van der Waals surface area contributed by atoms with E-state index in [2.05, 4.69) is 15.5 Å². The first-order valence-corrected chi connectivity index (χ1v) is 6.96. The molecule has 6 nitrogen and oxygen atoms in total. The lowest BCUT2D eigenvalue weighted by atomic mass is 10.0. The number of rotatable bonds is 4. The number of carbonyl (C=O) groups is 2. The predicted molar refractivity (Wildman–Crippen MR) is 75.2 cm³/mol. The molecule has 0 aliphatic carbocycles. The number of aromatic nitrogens is 2. The fourth-order valence-electron chi connectivity index (χ4n) is 2.35. The van der Waals surface area contributed by atoms with E-state index in [1.165, 1.54) is 0 Å². The minimum absolute atomic E-state index is 0.0253. The van der Waals surface area contributed by atoms with Gasteiger partial charge in [-0.15, -0.1) is 10.2 Å². The van der Waals surface area contributed by atoms with E-state index in [9.17, 15) is 9.59 Å². The summed E-state index contributed by atoms with van der Waals surface area (Å²) in [5.41, 5.74) is 0. The molecule has 20 heavy (non-hydrogen) atoms. The highest BCUT2D eigenvalue weighted by Gasteiger charge is 2.35. The van der Waals surface area contributed by atoms with Crippen LogP contribution < -0.4 is 5.32 Å². The highest BCUT2D eigenvalue weighted by Crippen LogP contribution is 2.20. The van der Waals surface area contributed by atoms with Gasteiger partial charge in [0, 0.05) is 13.0 Å². The first-order valence-electron chi connectivity index (χ1n) is 6.58. The maximum Gasteiger partial charge on any atom is 0.248 e. The van der Waals surface area contributed by atoms with Crippen LogP contribution in [-0.2, 0) is 9.59 Å². The van der Waals surface area contributed by atoms with Crippen molar-refractivity contribution in [2.75, 3.05) is 11.9 Å². The van der Waals surface area contributed by atoms with Gasteiger partial charge in [0.2, 0.25) is 11.8 Å². The Morgan fingerprint density at radius 2 is 2.15 bits per heavy atom. The lowest BCUT2D eigenvalue weighted by Gasteiger charge is -2.29. The zero-order chi connectivity index (χ0) is 14.7. The van der Waals surface area contributed by atoms with Crippen LogP contribution in [-0.4, -0.2) is 39.5 Å². The van der Waals surface area contributed by atoms with Crippen LogP contribution >= 0.6 is 11.6 Å². The van der Waals surface area contributed by atoms with Crippen LogP contribution in [0.5, 0.6) is 0 Å². The monoisotopic (exact) mass is 296 g/mol. The van der Waals surface area contributed by atoms with E-state index in [-0.39, 0.29) is 22.9 Å². The smallest absolute Gasteiger partial charge is 0.248 e. The normalized spacial score (nSPS) is 16.6. The number of halogens is 1. The number of hydrogen-bond donors (Lipinski definition) is 1. The minimum atomic E-state index is -0.484. The molecule has 1 saturated heterocycles. The molecule has 0 saturated carbocycles. The Morgan fingerprint density at radius 1 is 1.40 bits per heavy atom. The molecule has 0 bridgehead atoms. The van der Waals surface area contributed by atoms with Gasteiger partial charge in [0.1, 0.15) is 6.04 Å². The van der Waals surface area contributed by atoms with Crippen molar-refractivity contribution in [3.63, 3.8) is 0 Å². The van der Waals surface area contributed by atoms with Gasteiger partial charge in [-0.1, -0.05) is 25.4 Å². The van der Waals surface area contributed by atoms with Crippen LogP contribution in [0.1, 0.15) is 26.7 Å². The third-order valence-electron chi connectivity index (χ3n) is 3.23. The summed E-state index contributed by atoms with van der Waals surface area (Å²) in [6, 6.07) is 2.65. The predicted octanol–water partition coefficient (Wildman–Crippen LogP) is 1.72. The molecule has 0 radical (unpaired) electrons. The Morgan fingerprint density at radius 3 is 2.65 bits per heavy atom. The van der Waals surface area contributed by atoms with Crippen molar-refractivity contribution >= 4 is 29.2 Å². The molecule has 7 heteroatoms. The largest absolute Gasteiger partial charge is 0.330 e. The highest BCUT2D eigenvalue weighted by molar-refractivity contribution is 6.29. The standard InChI is InChI=1S/C13H17ClN4O2/c1-8(2)12(18-7-3-4-11(18)19)13(20)15-10-6-5-9(14)16-17-10/h5-6,8,12H,3-4,7H2,1-2H3,(H,15,17,20)/t12-/m0/s1. The van der Waals surface area contributed by atoms with Gasteiger partial charge >= 0.3 is 0 Å². The fourth-order valence-corrected chi connectivity index (χ4v) is 2.45. The van der Waals surface area contributed by atoms with E-state index < -0.39 is 6.04 Å². The first kappa shape index (κ1) is 14.7. The number of hydrogen-bond acceptors (Lipinski definition) is 4. The average Bonchev–Trinajstić information content (AvgIpc) is 2.78. The third kappa shape index (κ3) is 3.25. The molecule has 1 aromatic rings. The molecule has 1 aliphatic heterocycles. The van der Waals surface area contributed by atoms with Gasteiger partial charge in [0.25, 0.3) is 0 Å². The van der Waals surface area contributed by atoms with Gasteiger partial charge in [0.15, 0.2) is 11.0 Å². The maximum absolute atomic E-state index is 12.4. The summed E-state index contributed by atoms with van der Waals surface area (Å²) in [5.74, 6) is 0.141. The number of nitrogens with one attached hydrogen (secondary N) is 1. The molecule has 108 valence electrons. The lowest BCUT2D eigenvalue weighted by molar-refractivity contribution is -0.136. The van der Waals surface area contributed by atoms with Crippen molar-refractivity contribution in [1.29, 1.82) is 0 Å². The van der Waals surface area contributed by atoms with Crippen LogP contribution in [0.2, 0.25) is 5.15 Å². The molecule has 2 amide bonds. The Hall–Kier alpha value is -1.69. The van der Waals surface area contributed by atoms with Crippen molar-refractivity contribution in [2.24, 2.45) is 5.92 Å². The minimum Gasteiger partial charge on any atom is -0.330 e. The molecular formula is C13H17ClN4O2. The van der Waals surface area contributed by atoms with Gasteiger partial charge in [-0.2, -0.15) is 0 Å². The Bertz CT molecular complexity index is 504. The molecule has 1 aromatic heterocycles. The van der Waals surface area contributed by atoms with E-state index in [0.717, 1.165) is 6.42 Å². The van der Waals surface area contributed by atoms with Crippen molar-refractivity contribution in [1.82, 2.24) is 15.1 Å². The van der Waals surface area contributed by atoms with Crippen LogP contribution in [0, 0.1) is 5.92 Å². The molecule has 1 N–H and O–H groups in total. The first-order chi connectivity index (χ1) is 9.49. The number of nitrogens with zero attached hydrogens (tertiary/aromatic N) is 3. The Labute approximate surface area is 122 Å². The molecule has 0 unspecified atom stereocenters. The Kier molecular flexibility index (Phi) is 4.54. The van der Waals surface area contributed by atoms with E-state index in [0.29, 0.717) is 18.8 Å². The summed E-state index contributed by atoms with van der Waals surface area (Å²) >= 11 is 5.64. The third-order valence-corrected chi connectivity index (χ3v) is 3.43. The van der Waals surface area contributed by atoms with Gasteiger partial charge in [0.05, 0.1) is 0 Å². The van der Waals surface area contributed by atoms with Crippen LogP contribution in [0.25, 0.3) is 0 Å². The molecule has 1 aliphatic rings. The molecular weight excluding hydrogens is 280 g/mol. The van der Waals surface area contributed by atoms with Crippen molar-refractivity contribution in [3.8, 4) is 0 Å². The highest BCUT2D eigenvalue weighted by atomic mass is 35.5. The summed E-state index contributed by atoms with van der Waals surface area (Å²) in [4.78, 5) is 25.8. The summed E-state index contributed by atoms with van der Waals surface area (Å²) in [6.45, 7) is 4.47. The van der Waals surface area contributed by atoms with E-state index >= 15 is 0 Å². The fraction of sp³-hybridized carbons (Fsp3) is 0.538. The molecule has 0 aromatic carbocycles. The van der Waals surface area contributed by atoms with Crippen LogP contribution in [0.4, 0.5) is 5.82 Å². The zero-order valence-corrected chi connectivity index (χ0v) is 12.2. The van der Waals surface area contributed by atoms with E-state index in [1.807, 2.05) is 13.8 Å².